The second-order valence-corrected chi connectivity index (χ2v) is 8.21. The molecule has 0 aliphatic rings. The van der Waals surface area contributed by atoms with Gasteiger partial charge in [-0.15, -0.1) is 11.3 Å². The Labute approximate surface area is 122 Å². The zero-order chi connectivity index (χ0) is 13.9. The maximum absolute atomic E-state index is 12.0. The average molecular weight is 377 g/mol. The SMILES string of the molecule is CCCC(NS(=O)(=O)c1cc(Br)sc1Cl)C(=O)O. The topological polar surface area (TPSA) is 83.5 Å². The molecule has 0 bridgehead atoms. The smallest absolute Gasteiger partial charge is 0.321 e. The largest absolute Gasteiger partial charge is 0.480 e. The zero-order valence-electron chi connectivity index (χ0n) is 9.31. The normalized spacial score (nSPS) is 13.5. The minimum atomic E-state index is -3.92. The van der Waals surface area contributed by atoms with Crippen LogP contribution in [0.3, 0.4) is 0 Å². The summed E-state index contributed by atoms with van der Waals surface area (Å²) in [6, 6.07) is 0.204. The molecule has 102 valence electrons. The van der Waals surface area contributed by atoms with E-state index in [1.54, 1.807) is 6.92 Å². The van der Waals surface area contributed by atoms with Gasteiger partial charge >= 0.3 is 5.97 Å². The van der Waals surface area contributed by atoms with Gasteiger partial charge in [-0.05, 0) is 28.4 Å². The molecule has 0 fully saturated rings. The van der Waals surface area contributed by atoms with Crippen molar-refractivity contribution in [3.63, 3.8) is 0 Å². The standard InChI is InChI=1S/C9H11BrClNO4S2/c1-2-3-5(9(13)14)12-18(15,16)6-4-7(10)17-8(6)11/h4-5,12H,2-3H2,1H3,(H,13,14). The van der Waals surface area contributed by atoms with Gasteiger partial charge in [0.15, 0.2) is 0 Å². The fraction of sp³-hybridized carbons (Fsp3) is 0.444. The zero-order valence-corrected chi connectivity index (χ0v) is 13.3. The number of halogens is 2. The Morgan fingerprint density at radius 3 is 2.67 bits per heavy atom. The van der Waals surface area contributed by atoms with E-state index in [1.807, 2.05) is 0 Å². The summed E-state index contributed by atoms with van der Waals surface area (Å²) in [7, 11) is -3.92. The van der Waals surface area contributed by atoms with Crippen LogP contribution in [-0.4, -0.2) is 25.5 Å². The molecule has 1 rings (SSSR count). The van der Waals surface area contributed by atoms with Gasteiger partial charge in [-0.25, -0.2) is 8.42 Å². The Balaban J connectivity index is 3.00. The number of sulfonamides is 1. The summed E-state index contributed by atoms with van der Waals surface area (Å²) in [5.74, 6) is -1.20. The molecule has 0 saturated carbocycles. The van der Waals surface area contributed by atoms with Crippen molar-refractivity contribution in [3.8, 4) is 0 Å². The molecule has 1 aromatic rings. The molecule has 18 heavy (non-hydrogen) atoms. The first kappa shape index (κ1) is 15.9. The summed E-state index contributed by atoms with van der Waals surface area (Å²) in [6.45, 7) is 1.78. The maximum Gasteiger partial charge on any atom is 0.321 e. The Morgan fingerprint density at radius 1 is 1.67 bits per heavy atom. The summed E-state index contributed by atoms with van der Waals surface area (Å²) in [6.07, 6.45) is 0.776. The molecule has 0 spiro atoms. The quantitative estimate of drug-likeness (QED) is 0.799. The second kappa shape index (κ2) is 6.33. The first-order valence-corrected chi connectivity index (χ1v) is 8.45. The van der Waals surface area contributed by atoms with Crippen molar-refractivity contribution in [3.05, 3.63) is 14.2 Å². The van der Waals surface area contributed by atoms with Crippen LogP contribution in [0.1, 0.15) is 19.8 Å². The number of aliphatic carboxylic acids is 1. The minimum absolute atomic E-state index is 0.0926. The summed E-state index contributed by atoms with van der Waals surface area (Å²) in [5, 5.41) is 8.92. The van der Waals surface area contributed by atoms with Crippen LogP contribution in [0.25, 0.3) is 0 Å². The molecule has 2 N–H and O–H groups in total. The first-order valence-electron chi connectivity index (χ1n) is 4.98. The molecule has 0 aliphatic heterocycles. The molecule has 1 atom stereocenters. The van der Waals surface area contributed by atoms with Crippen molar-refractivity contribution < 1.29 is 18.3 Å². The van der Waals surface area contributed by atoms with Gasteiger partial charge in [0.25, 0.3) is 0 Å². The molecule has 0 amide bonds. The van der Waals surface area contributed by atoms with Crippen molar-refractivity contribution in [1.82, 2.24) is 4.72 Å². The summed E-state index contributed by atoms with van der Waals surface area (Å²) in [4.78, 5) is 10.8. The number of hydrogen-bond donors (Lipinski definition) is 2. The number of carbonyl (C=O) groups is 1. The van der Waals surface area contributed by atoms with Gasteiger partial charge in [0.05, 0.1) is 3.79 Å². The Bertz CT molecular complexity index is 543. The molecule has 0 aromatic carbocycles. The predicted molar refractivity (Wildman–Crippen MR) is 73.7 cm³/mol. The highest BCUT2D eigenvalue weighted by molar-refractivity contribution is 9.11. The van der Waals surface area contributed by atoms with Gasteiger partial charge in [-0.1, -0.05) is 24.9 Å². The monoisotopic (exact) mass is 375 g/mol. The fourth-order valence-electron chi connectivity index (χ4n) is 1.28. The third-order valence-electron chi connectivity index (χ3n) is 2.09. The highest BCUT2D eigenvalue weighted by Gasteiger charge is 2.27. The lowest BCUT2D eigenvalue weighted by atomic mass is 10.2. The molecule has 0 saturated heterocycles. The van der Waals surface area contributed by atoms with Crippen LogP contribution in [-0.2, 0) is 14.8 Å². The highest BCUT2D eigenvalue weighted by atomic mass is 79.9. The number of thiophene rings is 1. The molecular formula is C9H11BrClNO4S2. The molecule has 0 aliphatic carbocycles. The van der Waals surface area contributed by atoms with E-state index in [2.05, 4.69) is 20.7 Å². The summed E-state index contributed by atoms with van der Waals surface area (Å²) >= 11 is 9.98. The van der Waals surface area contributed by atoms with Gasteiger partial charge in [0.1, 0.15) is 15.3 Å². The number of carboxylic acids is 1. The summed E-state index contributed by atoms with van der Waals surface area (Å²) in [5.41, 5.74) is 0. The predicted octanol–water partition coefficient (Wildman–Crippen LogP) is 2.70. The van der Waals surface area contributed by atoms with E-state index < -0.39 is 22.0 Å². The van der Waals surface area contributed by atoms with Crippen molar-refractivity contribution in [2.45, 2.75) is 30.7 Å². The molecule has 1 aromatic heterocycles. The van der Waals surface area contributed by atoms with E-state index in [0.717, 1.165) is 11.3 Å². The van der Waals surface area contributed by atoms with Crippen LogP contribution in [0.15, 0.2) is 14.7 Å². The molecule has 9 heteroatoms. The van der Waals surface area contributed by atoms with Crippen molar-refractivity contribution in [1.29, 1.82) is 0 Å². The van der Waals surface area contributed by atoms with E-state index in [0.29, 0.717) is 10.2 Å². The van der Waals surface area contributed by atoms with Gasteiger partial charge in [0, 0.05) is 0 Å². The van der Waals surface area contributed by atoms with E-state index in [-0.39, 0.29) is 15.7 Å². The van der Waals surface area contributed by atoms with Gasteiger partial charge < -0.3 is 5.11 Å². The number of rotatable bonds is 6. The van der Waals surface area contributed by atoms with Crippen molar-refractivity contribution in [2.24, 2.45) is 0 Å². The second-order valence-electron chi connectivity index (χ2n) is 3.49. The van der Waals surface area contributed by atoms with Crippen LogP contribution in [0, 0.1) is 0 Å². The number of carboxylic acid groups (broad SMARTS) is 1. The maximum atomic E-state index is 12.0. The van der Waals surface area contributed by atoms with E-state index in [1.165, 1.54) is 6.07 Å². The Morgan fingerprint density at radius 2 is 2.28 bits per heavy atom. The average Bonchev–Trinajstić information content (AvgIpc) is 2.57. The molecule has 5 nitrogen and oxygen atoms in total. The van der Waals surface area contributed by atoms with E-state index >= 15 is 0 Å². The van der Waals surface area contributed by atoms with Crippen LogP contribution in [0.2, 0.25) is 4.34 Å². The lowest BCUT2D eigenvalue weighted by molar-refractivity contribution is -0.139. The van der Waals surface area contributed by atoms with Gasteiger partial charge in [0.2, 0.25) is 10.0 Å². The lowest BCUT2D eigenvalue weighted by Crippen LogP contribution is -2.40. The van der Waals surface area contributed by atoms with Crippen LogP contribution in [0.4, 0.5) is 0 Å². The van der Waals surface area contributed by atoms with Gasteiger partial charge in [-0.2, -0.15) is 4.72 Å². The van der Waals surface area contributed by atoms with Crippen LogP contribution >= 0.6 is 38.9 Å². The lowest BCUT2D eigenvalue weighted by Gasteiger charge is -2.13. The first-order chi connectivity index (χ1) is 8.27. The highest BCUT2D eigenvalue weighted by Crippen LogP contribution is 2.34. The third kappa shape index (κ3) is 3.92. The molecule has 1 heterocycles. The molecular weight excluding hydrogens is 366 g/mol. The molecule has 1 unspecified atom stereocenters. The van der Waals surface area contributed by atoms with E-state index in [4.69, 9.17) is 16.7 Å². The van der Waals surface area contributed by atoms with Crippen LogP contribution < -0.4 is 4.72 Å². The Hall–Kier alpha value is -0.150. The Kier molecular flexibility index (Phi) is 5.60. The fourth-order valence-corrected chi connectivity index (χ4v) is 5.28. The van der Waals surface area contributed by atoms with Crippen molar-refractivity contribution >= 4 is 54.9 Å². The third-order valence-corrected chi connectivity index (χ3v) is 5.69. The van der Waals surface area contributed by atoms with Crippen molar-refractivity contribution in [2.75, 3.05) is 0 Å². The summed E-state index contributed by atoms with van der Waals surface area (Å²) < 4.78 is 26.8. The van der Waals surface area contributed by atoms with E-state index in [9.17, 15) is 13.2 Å². The molecule has 0 radical (unpaired) electrons. The van der Waals surface area contributed by atoms with Crippen LogP contribution in [0.5, 0.6) is 0 Å². The van der Waals surface area contributed by atoms with Gasteiger partial charge in [-0.3, -0.25) is 4.79 Å². The number of nitrogens with one attached hydrogen (secondary N) is 1. The minimum Gasteiger partial charge on any atom is -0.480 e. The number of hydrogen-bond acceptors (Lipinski definition) is 4.